The predicted octanol–water partition coefficient (Wildman–Crippen LogP) is 4.09. The van der Waals surface area contributed by atoms with Crippen LogP contribution < -0.4 is 0 Å². The van der Waals surface area contributed by atoms with Gasteiger partial charge in [-0.15, -0.1) is 0 Å². The fraction of sp³-hybridized carbons (Fsp3) is 0.732. The standard InChI is InChI=1S/C41H60N4O9/c1-11-31-41(8)35-26(4)32(43-19-20-45(35)39(49)54-41)24(2)23-40(7,50-21-15-13-17-29-16-12-14-18-42-29)36(27(5)33(46)28(6)37(48)52-31)53-38-34(47)30(44(9)10)22-25(3)51-38/h12,14,16,18,24-28,30-31,34-36,38,47H,11,17,19-23H2,1-10H3/t24-,25-,26-,27+,28-,30+,31+,34-,35-,36-,38+,40-,41-/m1/s1. The Hall–Kier alpha value is -3.41. The molecule has 0 spiro atoms. The minimum atomic E-state index is -1.22. The number of amides is 1. The summed E-state index contributed by atoms with van der Waals surface area (Å²) >= 11 is 0. The summed E-state index contributed by atoms with van der Waals surface area (Å²) in [4.78, 5) is 54.9. The number of cyclic esters (lactones) is 1. The normalized spacial score (nSPS) is 39.1. The van der Waals surface area contributed by atoms with Crippen molar-refractivity contribution in [2.45, 2.75) is 135 Å². The topological polar surface area (TPSA) is 149 Å². The number of ketones is 1. The number of carbonyl (C=O) groups is 3. The third kappa shape index (κ3) is 8.53. The maximum atomic E-state index is 14.5. The molecule has 4 aliphatic heterocycles. The Morgan fingerprint density at radius 1 is 1.07 bits per heavy atom. The van der Waals surface area contributed by atoms with Crippen molar-refractivity contribution >= 4 is 23.6 Å². The number of esters is 1. The maximum Gasteiger partial charge on any atom is 0.410 e. The lowest BCUT2D eigenvalue weighted by molar-refractivity contribution is -0.296. The molecule has 3 fully saturated rings. The third-order valence-electron chi connectivity index (χ3n) is 12.0. The lowest BCUT2D eigenvalue weighted by Gasteiger charge is -2.47. The van der Waals surface area contributed by atoms with Crippen molar-refractivity contribution in [1.29, 1.82) is 0 Å². The van der Waals surface area contributed by atoms with Crippen molar-refractivity contribution in [1.82, 2.24) is 14.8 Å². The number of aliphatic hydroxyl groups excluding tert-OH is 1. The van der Waals surface area contributed by atoms with E-state index < -0.39 is 71.5 Å². The lowest BCUT2D eigenvalue weighted by atomic mass is 9.73. The van der Waals surface area contributed by atoms with E-state index in [0.29, 0.717) is 38.8 Å². The number of hydrogen-bond donors (Lipinski definition) is 1. The van der Waals surface area contributed by atoms with Gasteiger partial charge in [-0.05, 0) is 79.1 Å². The van der Waals surface area contributed by atoms with Crippen LogP contribution in [0.2, 0.25) is 0 Å². The fourth-order valence-electron chi connectivity index (χ4n) is 9.16. The van der Waals surface area contributed by atoms with Crippen molar-refractivity contribution in [2.75, 3.05) is 33.8 Å². The van der Waals surface area contributed by atoms with Crippen LogP contribution in [-0.4, -0.2) is 131 Å². The zero-order chi connectivity index (χ0) is 39.5. The number of hydrogen-bond acceptors (Lipinski definition) is 12. The van der Waals surface area contributed by atoms with Gasteiger partial charge < -0.3 is 33.7 Å². The summed E-state index contributed by atoms with van der Waals surface area (Å²) in [5, 5.41) is 11.6. The van der Waals surface area contributed by atoms with Crippen molar-refractivity contribution in [3.05, 3.63) is 30.1 Å². The molecule has 13 heteroatoms. The summed E-state index contributed by atoms with van der Waals surface area (Å²) < 4.78 is 32.1. The van der Waals surface area contributed by atoms with Gasteiger partial charge >= 0.3 is 12.1 Å². The number of ether oxygens (including phenoxy) is 5. The van der Waals surface area contributed by atoms with E-state index in [1.54, 1.807) is 18.0 Å². The van der Waals surface area contributed by atoms with Gasteiger partial charge in [0, 0.05) is 36.3 Å². The van der Waals surface area contributed by atoms with Gasteiger partial charge in [0.25, 0.3) is 0 Å². The molecule has 0 radical (unpaired) electrons. The maximum absolute atomic E-state index is 14.5. The first-order valence-corrected chi connectivity index (χ1v) is 19.4. The molecule has 1 aromatic heterocycles. The van der Waals surface area contributed by atoms with Crippen LogP contribution >= 0.6 is 0 Å². The molecule has 13 atom stereocenters. The summed E-state index contributed by atoms with van der Waals surface area (Å²) in [5.74, 6) is 2.53. The molecule has 1 N–H and O–H groups in total. The highest BCUT2D eigenvalue weighted by Crippen LogP contribution is 2.44. The molecule has 0 saturated carbocycles. The number of Topliss-reactive ketones (excluding diaryl/α,β-unsaturated/α-hetero) is 1. The first-order chi connectivity index (χ1) is 25.5. The number of likely N-dealkylation sites (N-methyl/N-ethyl adjacent to an activating group) is 1. The summed E-state index contributed by atoms with van der Waals surface area (Å²) in [6.07, 6.45) is -1.20. The number of carbonyl (C=O) groups excluding carboxylic acids is 3. The van der Waals surface area contributed by atoms with E-state index in [1.807, 2.05) is 71.8 Å². The van der Waals surface area contributed by atoms with E-state index in [0.717, 1.165) is 11.4 Å². The number of aliphatic hydroxyl groups is 1. The van der Waals surface area contributed by atoms with Gasteiger partial charge in [0.1, 0.15) is 24.7 Å². The Kier molecular flexibility index (Phi) is 13.3. The van der Waals surface area contributed by atoms with Gasteiger partial charge in [0.15, 0.2) is 17.7 Å². The smallest absolute Gasteiger partial charge is 0.410 e. The minimum absolute atomic E-state index is 0.0102. The van der Waals surface area contributed by atoms with Crippen LogP contribution in [-0.2, 0) is 39.7 Å². The minimum Gasteiger partial charge on any atom is -0.458 e. The second kappa shape index (κ2) is 17.2. The van der Waals surface area contributed by atoms with Crippen LogP contribution in [0.25, 0.3) is 0 Å². The molecule has 4 aliphatic rings. The molecule has 5 heterocycles. The summed E-state index contributed by atoms with van der Waals surface area (Å²) in [5.41, 5.74) is -0.710. The molecule has 2 bridgehead atoms. The second-order valence-electron chi connectivity index (χ2n) is 16.2. The fourth-order valence-corrected chi connectivity index (χ4v) is 9.16. The zero-order valence-corrected chi connectivity index (χ0v) is 33.6. The number of fused-ring (bicyclic) bond motifs is 1. The van der Waals surface area contributed by atoms with Gasteiger partial charge in [-0.25, -0.2) is 4.79 Å². The average Bonchev–Trinajstić information content (AvgIpc) is 3.26. The average molecular weight is 753 g/mol. The van der Waals surface area contributed by atoms with Gasteiger partial charge in [-0.3, -0.25) is 24.5 Å². The Morgan fingerprint density at radius 2 is 1.81 bits per heavy atom. The van der Waals surface area contributed by atoms with Gasteiger partial charge in [-0.2, -0.15) is 0 Å². The van der Waals surface area contributed by atoms with Crippen LogP contribution in [0.4, 0.5) is 4.79 Å². The summed E-state index contributed by atoms with van der Waals surface area (Å²) in [6, 6.07) is 4.93. The van der Waals surface area contributed by atoms with Crippen LogP contribution in [0.1, 0.15) is 80.3 Å². The molecule has 1 aromatic rings. The van der Waals surface area contributed by atoms with Crippen LogP contribution in [0.5, 0.6) is 0 Å². The van der Waals surface area contributed by atoms with Crippen molar-refractivity contribution < 1.29 is 43.2 Å². The molecule has 1 amide bonds. The first-order valence-electron chi connectivity index (χ1n) is 19.4. The Labute approximate surface area is 320 Å². The molecule has 0 aliphatic carbocycles. The number of nitrogens with zero attached hydrogens (tertiary/aromatic N) is 4. The van der Waals surface area contributed by atoms with Crippen LogP contribution in [0.3, 0.4) is 0 Å². The monoisotopic (exact) mass is 752 g/mol. The zero-order valence-electron chi connectivity index (χ0n) is 33.6. The number of pyridine rings is 1. The third-order valence-corrected chi connectivity index (χ3v) is 12.0. The molecule has 54 heavy (non-hydrogen) atoms. The number of rotatable bonds is 7. The Balaban J connectivity index is 1.59. The number of aromatic nitrogens is 1. The highest BCUT2D eigenvalue weighted by molar-refractivity contribution is 6.00. The SMILES string of the molecule is CC[C@@H]1OC(=O)[C@H](C)C(=O)[C@H](C)[C@@H](O[C@@H]2O[C@H](C)C[C@H](N(C)C)[C@H]2O)[C@](C)(OCC#CCc2ccccn2)C[C@@H](C)C2=NCCN3C(=O)O[C@@]1(C)[C@H]3[C@@H]2C. The Bertz CT molecular complexity index is 1600. The van der Waals surface area contributed by atoms with E-state index in [4.69, 9.17) is 28.7 Å². The Morgan fingerprint density at radius 3 is 2.48 bits per heavy atom. The van der Waals surface area contributed by atoms with Gasteiger partial charge in [0.2, 0.25) is 0 Å². The van der Waals surface area contributed by atoms with Crippen molar-refractivity contribution in [3.8, 4) is 11.8 Å². The van der Waals surface area contributed by atoms with E-state index in [2.05, 4.69) is 23.7 Å². The molecule has 298 valence electrons. The summed E-state index contributed by atoms with van der Waals surface area (Å²) in [7, 11) is 3.80. The molecule has 0 aromatic carbocycles. The highest BCUT2D eigenvalue weighted by Gasteiger charge is 2.60. The van der Waals surface area contributed by atoms with E-state index >= 15 is 0 Å². The number of aliphatic imine (C=N–C) groups is 1. The van der Waals surface area contributed by atoms with Crippen molar-refractivity contribution in [2.24, 2.45) is 28.7 Å². The predicted molar refractivity (Wildman–Crippen MR) is 202 cm³/mol. The first kappa shape index (κ1) is 41.7. The molecule has 5 rings (SSSR count). The molecular formula is C41H60N4O9. The van der Waals surface area contributed by atoms with Gasteiger partial charge in [0.05, 0.1) is 42.5 Å². The van der Waals surface area contributed by atoms with Crippen LogP contribution in [0.15, 0.2) is 29.4 Å². The van der Waals surface area contributed by atoms with E-state index in [-0.39, 0.29) is 30.6 Å². The second-order valence-corrected chi connectivity index (χ2v) is 16.2. The largest absolute Gasteiger partial charge is 0.458 e. The van der Waals surface area contributed by atoms with Crippen LogP contribution in [0, 0.1) is 35.5 Å². The van der Waals surface area contributed by atoms with E-state index in [1.165, 1.54) is 6.92 Å². The summed E-state index contributed by atoms with van der Waals surface area (Å²) in [6.45, 7) is 15.6. The van der Waals surface area contributed by atoms with Gasteiger partial charge in [-0.1, -0.05) is 45.6 Å². The molecule has 3 saturated heterocycles. The quantitative estimate of drug-likeness (QED) is 0.244. The molecular weight excluding hydrogens is 692 g/mol. The highest BCUT2D eigenvalue weighted by atomic mass is 16.7. The molecule has 13 nitrogen and oxygen atoms in total. The lowest BCUT2D eigenvalue weighted by Crippen LogP contribution is -2.60. The molecule has 0 unspecified atom stereocenters. The van der Waals surface area contributed by atoms with Crippen molar-refractivity contribution in [3.63, 3.8) is 0 Å². The van der Waals surface area contributed by atoms with E-state index in [9.17, 15) is 19.5 Å².